The monoisotopic (exact) mass is 397 g/mol. The van der Waals surface area contributed by atoms with Gasteiger partial charge in [-0.05, 0) is 101 Å². The summed E-state index contributed by atoms with van der Waals surface area (Å²) < 4.78 is 0. The van der Waals surface area contributed by atoms with Crippen LogP contribution in [-0.2, 0) is 0 Å². The molecular formula is C24H39N5. The summed E-state index contributed by atoms with van der Waals surface area (Å²) in [4.78, 5) is 2.57. The molecule has 0 bridgehead atoms. The number of hydrogen-bond acceptors (Lipinski definition) is 5. The van der Waals surface area contributed by atoms with E-state index >= 15 is 0 Å². The second-order valence-electron chi connectivity index (χ2n) is 8.10. The maximum Gasteiger partial charge on any atom is 0.0373 e. The quantitative estimate of drug-likeness (QED) is 0.303. The third-order valence-electron chi connectivity index (χ3n) is 5.29. The Morgan fingerprint density at radius 2 is 1.52 bits per heavy atom. The third-order valence-corrected chi connectivity index (χ3v) is 5.29. The molecule has 0 aliphatic carbocycles. The molecule has 0 aromatic heterocycles. The first-order valence-corrected chi connectivity index (χ1v) is 10.8. The number of benzene rings is 2. The van der Waals surface area contributed by atoms with Crippen molar-refractivity contribution in [3.05, 3.63) is 47.5 Å². The molecule has 0 fully saturated rings. The van der Waals surface area contributed by atoms with E-state index in [2.05, 4.69) is 55.4 Å². The summed E-state index contributed by atoms with van der Waals surface area (Å²) >= 11 is 0. The Balaban J connectivity index is 1.74. The van der Waals surface area contributed by atoms with E-state index in [0.29, 0.717) is 6.04 Å². The molecule has 0 saturated heterocycles. The zero-order valence-corrected chi connectivity index (χ0v) is 18.6. The van der Waals surface area contributed by atoms with Crippen LogP contribution in [0.15, 0.2) is 36.4 Å². The van der Waals surface area contributed by atoms with E-state index in [4.69, 9.17) is 11.5 Å². The van der Waals surface area contributed by atoms with Gasteiger partial charge in [-0.1, -0.05) is 6.92 Å². The molecule has 1 atom stereocenters. The SMILES string of the molecule is CCCN(CCCNc1ccc(N)cc1C)CCC(C)Nc1ccc(N)cc1C. The molecule has 0 amide bonds. The van der Waals surface area contributed by atoms with Crippen molar-refractivity contribution in [1.82, 2.24) is 4.90 Å². The maximum absolute atomic E-state index is 5.85. The molecule has 1 unspecified atom stereocenters. The molecule has 0 aliphatic heterocycles. The molecule has 5 nitrogen and oxygen atoms in total. The largest absolute Gasteiger partial charge is 0.399 e. The Kier molecular flexibility index (Phi) is 9.13. The summed E-state index contributed by atoms with van der Waals surface area (Å²) in [7, 11) is 0. The molecular weight excluding hydrogens is 358 g/mol. The number of rotatable bonds is 12. The Bertz CT molecular complexity index is 759. The molecule has 6 N–H and O–H groups in total. The number of nitrogen functional groups attached to an aromatic ring is 2. The van der Waals surface area contributed by atoms with Crippen molar-refractivity contribution in [3.63, 3.8) is 0 Å². The van der Waals surface area contributed by atoms with Gasteiger partial charge in [-0.25, -0.2) is 0 Å². The molecule has 2 rings (SSSR count). The van der Waals surface area contributed by atoms with Gasteiger partial charge in [-0.3, -0.25) is 0 Å². The van der Waals surface area contributed by atoms with E-state index in [1.165, 1.54) is 28.9 Å². The highest BCUT2D eigenvalue weighted by Crippen LogP contribution is 2.19. The average Bonchev–Trinajstić information content (AvgIpc) is 2.66. The molecule has 2 aromatic rings. The van der Waals surface area contributed by atoms with E-state index in [-0.39, 0.29) is 0 Å². The minimum absolute atomic E-state index is 0.423. The molecule has 0 spiro atoms. The van der Waals surface area contributed by atoms with Crippen LogP contribution in [-0.4, -0.2) is 37.1 Å². The molecule has 29 heavy (non-hydrogen) atoms. The van der Waals surface area contributed by atoms with Gasteiger partial charge in [0.1, 0.15) is 0 Å². The van der Waals surface area contributed by atoms with E-state index in [9.17, 15) is 0 Å². The highest BCUT2D eigenvalue weighted by Gasteiger charge is 2.09. The number of nitrogens with zero attached hydrogens (tertiary/aromatic N) is 1. The van der Waals surface area contributed by atoms with E-state index in [1.807, 2.05) is 24.3 Å². The number of nitrogens with two attached hydrogens (primary N) is 2. The Morgan fingerprint density at radius 3 is 2.10 bits per heavy atom. The van der Waals surface area contributed by atoms with Gasteiger partial charge in [0.15, 0.2) is 0 Å². The van der Waals surface area contributed by atoms with Crippen molar-refractivity contribution in [1.29, 1.82) is 0 Å². The van der Waals surface area contributed by atoms with Crippen molar-refractivity contribution in [2.75, 3.05) is 48.3 Å². The Morgan fingerprint density at radius 1 is 0.897 bits per heavy atom. The van der Waals surface area contributed by atoms with Gasteiger partial charge in [-0.15, -0.1) is 0 Å². The van der Waals surface area contributed by atoms with Crippen molar-refractivity contribution in [2.45, 2.75) is 53.0 Å². The van der Waals surface area contributed by atoms with E-state index in [1.54, 1.807) is 0 Å². The van der Waals surface area contributed by atoms with Crippen LogP contribution in [0, 0.1) is 13.8 Å². The van der Waals surface area contributed by atoms with Crippen LogP contribution >= 0.6 is 0 Å². The first-order chi connectivity index (χ1) is 13.9. The van der Waals surface area contributed by atoms with Crippen molar-refractivity contribution >= 4 is 22.7 Å². The van der Waals surface area contributed by atoms with Crippen LogP contribution in [0.3, 0.4) is 0 Å². The number of aryl methyl sites for hydroxylation is 2. The summed E-state index contributed by atoms with van der Waals surface area (Å²) in [6.45, 7) is 13.1. The molecule has 0 aliphatic rings. The van der Waals surface area contributed by atoms with Crippen LogP contribution in [0.2, 0.25) is 0 Å². The smallest absolute Gasteiger partial charge is 0.0373 e. The van der Waals surface area contributed by atoms with Crippen LogP contribution in [0.4, 0.5) is 22.7 Å². The van der Waals surface area contributed by atoms with Crippen molar-refractivity contribution in [3.8, 4) is 0 Å². The third kappa shape index (κ3) is 7.86. The molecule has 0 heterocycles. The van der Waals surface area contributed by atoms with Crippen LogP contribution in [0.1, 0.15) is 44.2 Å². The topological polar surface area (TPSA) is 79.3 Å². The standard InChI is InChI=1S/C24H39N5/c1-5-13-29(14-6-12-27-23-9-7-21(25)16-18(23)2)15-11-20(4)28-24-10-8-22(26)17-19(24)3/h7-10,16-17,20,27-28H,5-6,11-15,25-26H2,1-4H3. The van der Waals surface area contributed by atoms with E-state index < -0.39 is 0 Å². The van der Waals surface area contributed by atoms with Gasteiger partial charge in [0.25, 0.3) is 0 Å². The fourth-order valence-corrected chi connectivity index (χ4v) is 3.63. The first kappa shape index (κ1) is 22.9. The second kappa shape index (κ2) is 11.6. The van der Waals surface area contributed by atoms with Crippen molar-refractivity contribution in [2.24, 2.45) is 0 Å². The van der Waals surface area contributed by atoms with E-state index in [0.717, 1.165) is 50.4 Å². The van der Waals surface area contributed by atoms with Gasteiger partial charge in [0.05, 0.1) is 0 Å². The molecule has 160 valence electrons. The maximum atomic E-state index is 5.85. The number of anilines is 4. The van der Waals surface area contributed by atoms with Gasteiger partial charge in [0, 0.05) is 41.9 Å². The lowest BCUT2D eigenvalue weighted by atomic mass is 10.1. The highest BCUT2D eigenvalue weighted by atomic mass is 15.1. The molecule has 5 heteroatoms. The highest BCUT2D eigenvalue weighted by molar-refractivity contribution is 5.58. The van der Waals surface area contributed by atoms with Gasteiger partial charge < -0.3 is 27.0 Å². The normalized spacial score (nSPS) is 12.2. The fraction of sp³-hybridized carbons (Fsp3) is 0.500. The lowest BCUT2D eigenvalue weighted by molar-refractivity contribution is 0.266. The first-order valence-electron chi connectivity index (χ1n) is 10.8. The zero-order chi connectivity index (χ0) is 21.2. The average molecular weight is 398 g/mol. The lowest BCUT2D eigenvalue weighted by Gasteiger charge is -2.25. The zero-order valence-electron chi connectivity index (χ0n) is 18.6. The van der Waals surface area contributed by atoms with Gasteiger partial charge in [0.2, 0.25) is 0 Å². The van der Waals surface area contributed by atoms with Crippen LogP contribution in [0.25, 0.3) is 0 Å². The minimum atomic E-state index is 0.423. The summed E-state index contributed by atoms with van der Waals surface area (Å²) in [5.74, 6) is 0. The number of hydrogen-bond donors (Lipinski definition) is 4. The number of nitrogens with one attached hydrogen (secondary N) is 2. The lowest BCUT2D eigenvalue weighted by Crippen LogP contribution is -2.31. The second-order valence-corrected chi connectivity index (χ2v) is 8.10. The molecule has 0 saturated carbocycles. The van der Waals surface area contributed by atoms with Gasteiger partial charge >= 0.3 is 0 Å². The predicted octanol–water partition coefficient (Wildman–Crippen LogP) is 4.87. The summed E-state index contributed by atoms with van der Waals surface area (Å²) in [6, 6.07) is 12.5. The summed E-state index contributed by atoms with van der Waals surface area (Å²) in [5.41, 5.74) is 18.1. The molecule has 2 aromatic carbocycles. The minimum Gasteiger partial charge on any atom is -0.399 e. The fourth-order valence-electron chi connectivity index (χ4n) is 3.63. The van der Waals surface area contributed by atoms with Gasteiger partial charge in [-0.2, -0.15) is 0 Å². The van der Waals surface area contributed by atoms with Crippen LogP contribution < -0.4 is 22.1 Å². The Hall–Kier alpha value is -2.40. The van der Waals surface area contributed by atoms with Crippen LogP contribution in [0.5, 0.6) is 0 Å². The summed E-state index contributed by atoms with van der Waals surface area (Å²) in [5, 5.41) is 7.17. The Labute approximate surface area is 176 Å². The summed E-state index contributed by atoms with van der Waals surface area (Å²) in [6.07, 6.45) is 3.43. The molecule has 0 radical (unpaired) electrons. The predicted molar refractivity (Wildman–Crippen MR) is 129 cm³/mol. The van der Waals surface area contributed by atoms with Crippen molar-refractivity contribution < 1.29 is 0 Å².